The Kier molecular flexibility index (Phi) is 4.08. The first kappa shape index (κ1) is 14.5. The van der Waals surface area contributed by atoms with Gasteiger partial charge in [0.2, 0.25) is 0 Å². The van der Waals surface area contributed by atoms with Crippen LogP contribution in [0.25, 0.3) is 0 Å². The van der Waals surface area contributed by atoms with Crippen LogP contribution in [0, 0.1) is 21.8 Å². The van der Waals surface area contributed by atoms with Gasteiger partial charge in [-0.3, -0.25) is 14.9 Å². The predicted octanol–water partition coefficient (Wildman–Crippen LogP) is 2.69. The lowest BCUT2D eigenvalue weighted by molar-refractivity contribution is -0.384. The quantitative estimate of drug-likeness (QED) is 0.683. The van der Waals surface area contributed by atoms with Crippen molar-refractivity contribution in [2.24, 2.45) is 5.92 Å². The summed E-state index contributed by atoms with van der Waals surface area (Å²) in [6, 6.07) is 2.01. The second-order valence-corrected chi connectivity index (χ2v) is 5.12. The molecule has 1 N–H and O–H groups in total. The lowest BCUT2D eigenvalue weighted by Gasteiger charge is -2.18. The van der Waals surface area contributed by atoms with E-state index in [1.165, 1.54) is 0 Å². The molecule has 0 aromatic heterocycles. The fourth-order valence-electron chi connectivity index (χ4n) is 2.39. The van der Waals surface area contributed by atoms with Gasteiger partial charge in [-0.2, -0.15) is 0 Å². The lowest BCUT2D eigenvalue weighted by Crippen LogP contribution is -2.21. The summed E-state index contributed by atoms with van der Waals surface area (Å²) in [6.07, 6.45) is 0.605. The van der Waals surface area contributed by atoms with Crippen LogP contribution in [0.3, 0.4) is 0 Å². The summed E-state index contributed by atoms with van der Waals surface area (Å²) in [7, 11) is 0. The van der Waals surface area contributed by atoms with Gasteiger partial charge in [0, 0.05) is 31.6 Å². The van der Waals surface area contributed by atoms with Crippen LogP contribution in [0.5, 0.6) is 0 Å². The van der Waals surface area contributed by atoms with E-state index in [1.807, 2.05) is 0 Å². The van der Waals surface area contributed by atoms with Crippen LogP contribution in [0.15, 0.2) is 12.1 Å². The molecule has 1 atom stereocenters. The van der Waals surface area contributed by atoms with E-state index < -0.39 is 16.7 Å². The molecule has 1 unspecified atom stereocenters. The summed E-state index contributed by atoms with van der Waals surface area (Å²) in [5.74, 6) is -1.73. The molecule has 0 aliphatic carbocycles. The molecular formula is C12H12ClFN2O4. The Bertz CT molecular complexity index is 567. The molecule has 2 rings (SSSR count). The number of rotatable bonds is 4. The highest BCUT2D eigenvalue weighted by molar-refractivity contribution is 6.31. The van der Waals surface area contributed by atoms with Gasteiger partial charge in [0.1, 0.15) is 11.5 Å². The van der Waals surface area contributed by atoms with Gasteiger partial charge < -0.3 is 10.0 Å². The number of nitrogens with zero attached hydrogens (tertiary/aromatic N) is 2. The lowest BCUT2D eigenvalue weighted by atomic mass is 10.1. The molecule has 1 aliphatic heterocycles. The Labute approximate surface area is 118 Å². The Hall–Kier alpha value is -1.89. The van der Waals surface area contributed by atoms with Crippen molar-refractivity contribution in [1.29, 1.82) is 0 Å². The molecule has 0 bridgehead atoms. The summed E-state index contributed by atoms with van der Waals surface area (Å²) in [5.41, 5.74) is -0.128. The summed E-state index contributed by atoms with van der Waals surface area (Å²) < 4.78 is 13.5. The van der Waals surface area contributed by atoms with Gasteiger partial charge in [-0.25, -0.2) is 4.39 Å². The summed E-state index contributed by atoms with van der Waals surface area (Å²) in [6.45, 7) is 0.814. The van der Waals surface area contributed by atoms with Crippen molar-refractivity contribution in [3.05, 3.63) is 33.1 Å². The fourth-order valence-corrected chi connectivity index (χ4v) is 2.55. The monoisotopic (exact) mass is 302 g/mol. The number of benzene rings is 1. The van der Waals surface area contributed by atoms with Gasteiger partial charge in [-0.05, 0) is 12.3 Å². The average Bonchev–Trinajstić information content (AvgIpc) is 2.79. The van der Waals surface area contributed by atoms with Gasteiger partial charge >= 0.3 is 5.97 Å². The third kappa shape index (κ3) is 2.98. The Morgan fingerprint density at radius 1 is 1.60 bits per heavy atom. The molecule has 0 spiro atoms. The minimum atomic E-state index is -0.909. The number of halogens is 2. The number of carbonyl (C=O) groups is 1. The maximum Gasteiger partial charge on any atom is 0.303 e. The summed E-state index contributed by atoms with van der Waals surface area (Å²) in [5, 5.41) is 19.5. The number of hydrogen-bond acceptors (Lipinski definition) is 4. The molecule has 6 nitrogen and oxygen atoms in total. The number of anilines is 1. The van der Waals surface area contributed by atoms with Crippen molar-refractivity contribution in [3.8, 4) is 0 Å². The first-order valence-corrected chi connectivity index (χ1v) is 6.36. The highest BCUT2D eigenvalue weighted by Crippen LogP contribution is 2.36. The summed E-state index contributed by atoms with van der Waals surface area (Å²) in [4.78, 5) is 22.7. The fraction of sp³-hybridized carbons (Fsp3) is 0.417. The second kappa shape index (κ2) is 5.62. The van der Waals surface area contributed by atoms with Gasteiger partial charge in [-0.1, -0.05) is 11.6 Å². The zero-order valence-corrected chi connectivity index (χ0v) is 11.1. The molecule has 20 heavy (non-hydrogen) atoms. The highest BCUT2D eigenvalue weighted by Gasteiger charge is 2.29. The van der Waals surface area contributed by atoms with Crippen molar-refractivity contribution in [3.63, 3.8) is 0 Å². The Balaban J connectivity index is 2.27. The van der Waals surface area contributed by atoms with Crippen LogP contribution in [-0.4, -0.2) is 29.1 Å². The topological polar surface area (TPSA) is 83.7 Å². The molecule has 1 aliphatic rings. The van der Waals surface area contributed by atoms with Gasteiger partial charge in [0.05, 0.1) is 9.95 Å². The second-order valence-electron chi connectivity index (χ2n) is 4.71. The third-order valence-electron chi connectivity index (χ3n) is 3.30. The van der Waals surface area contributed by atoms with E-state index in [4.69, 9.17) is 16.7 Å². The molecule has 0 amide bonds. The standard InChI is InChI=1S/C12H12ClFN2O4/c13-8-4-11(16(19)20)10(5-9(8)14)15-2-1-7(6-15)3-12(17)18/h4-5,7H,1-3,6H2,(H,17,18). The average molecular weight is 303 g/mol. The van der Waals surface area contributed by atoms with E-state index in [0.29, 0.717) is 19.5 Å². The van der Waals surface area contributed by atoms with Crippen molar-refractivity contribution >= 4 is 28.9 Å². The smallest absolute Gasteiger partial charge is 0.303 e. The SMILES string of the molecule is O=C(O)CC1CCN(c2cc(F)c(Cl)cc2[N+](=O)[O-])C1. The number of aliphatic carboxylic acids is 1. The Morgan fingerprint density at radius 3 is 2.90 bits per heavy atom. The minimum absolute atomic E-state index is 0.000367. The largest absolute Gasteiger partial charge is 0.481 e. The normalized spacial score (nSPS) is 18.3. The van der Waals surface area contributed by atoms with Gasteiger partial charge in [0.25, 0.3) is 5.69 Å². The molecule has 1 saturated heterocycles. The maximum absolute atomic E-state index is 13.5. The molecular weight excluding hydrogens is 291 g/mol. The number of hydrogen-bond donors (Lipinski definition) is 1. The van der Waals surface area contributed by atoms with Crippen molar-refractivity contribution in [2.75, 3.05) is 18.0 Å². The molecule has 1 aromatic rings. The molecule has 8 heteroatoms. The third-order valence-corrected chi connectivity index (χ3v) is 3.59. The minimum Gasteiger partial charge on any atom is -0.481 e. The van der Waals surface area contributed by atoms with Crippen molar-refractivity contribution < 1.29 is 19.2 Å². The first-order valence-electron chi connectivity index (χ1n) is 5.98. The zero-order valence-electron chi connectivity index (χ0n) is 10.4. The van der Waals surface area contributed by atoms with Crippen LogP contribution in [0.2, 0.25) is 5.02 Å². The zero-order chi connectivity index (χ0) is 14.9. The molecule has 0 radical (unpaired) electrons. The molecule has 108 valence electrons. The van der Waals surface area contributed by atoms with E-state index in [1.54, 1.807) is 4.90 Å². The van der Waals surface area contributed by atoms with Gasteiger partial charge in [0.15, 0.2) is 0 Å². The van der Waals surface area contributed by atoms with E-state index in [2.05, 4.69) is 0 Å². The van der Waals surface area contributed by atoms with Crippen LogP contribution < -0.4 is 4.90 Å². The molecule has 0 saturated carbocycles. The van der Waals surface area contributed by atoms with E-state index in [9.17, 15) is 19.3 Å². The first-order chi connectivity index (χ1) is 9.38. The van der Waals surface area contributed by atoms with E-state index in [0.717, 1.165) is 12.1 Å². The van der Waals surface area contributed by atoms with E-state index >= 15 is 0 Å². The van der Waals surface area contributed by atoms with Crippen LogP contribution >= 0.6 is 11.6 Å². The maximum atomic E-state index is 13.5. The number of nitro groups is 1. The van der Waals surface area contributed by atoms with Crippen molar-refractivity contribution in [2.45, 2.75) is 12.8 Å². The van der Waals surface area contributed by atoms with E-state index in [-0.39, 0.29) is 28.7 Å². The molecule has 1 fully saturated rings. The van der Waals surface area contributed by atoms with Crippen molar-refractivity contribution in [1.82, 2.24) is 0 Å². The number of carboxylic acid groups (broad SMARTS) is 1. The van der Waals surface area contributed by atoms with Gasteiger partial charge in [-0.15, -0.1) is 0 Å². The summed E-state index contributed by atoms with van der Waals surface area (Å²) >= 11 is 5.56. The molecule has 1 heterocycles. The number of nitro benzene ring substituents is 1. The number of carboxylic acids is 1. The molecule has 1 aromatic carbocycles. The highest BCUT2D eigenvalue weighted by atomic mass is 35.5. The van der Waals surface area contributed by atoms with Crippen LogP contribution in [0.4, 0.5) is 15.8 Å². The van der Waals surface area contributed by atoms with Crippen LogP contribution in [-0.2, 0) is 4.79 Å². The van der Waals surface area contributed by atoms with Crippen LogP contribution in [0.1, 0.15) is 12.8 Å². The predicted molar refractivity (Wildman–Crippen MR) is 70.6 cm³/mol. The Morgan fingerprint density at radius 2 is 2.30 bits per heavy atom.